The number of hydrogen-bond donors (Lipinski definition) is 0. The first-order valence-electron chi connectivity index (χ1n) is 1.16. The van der Waals surface area contributed by atoms with Gasteiger partial charge in [-0.15, -0.1) is 0 Å². The quantitative estimate of drug-likeness (QED) is 0.266. The molecule has 0 aliphatic rings. The Labute approximate surface area is 95.1 Å². The SMILES string of the molecule is ClC(Cl)(Cl)Cl.[C-]#[N+][O-].[Na]. The standard InChI is InChI=1S/CCl4.CNO.Na/c2-1(3,4)5;1-2-3;/q;-1;. The van der Waals surface area contributed by atoms with Crippen LogP contribution in [-0.2, 0) is 0 Å². The Kier molecular flexibility index (Phi) is 17.7. The van der Waals surface area contributed by atoms with Crippen molar-refractivity contribution in [3.05, 3.63) is 16.8 Å². The first kappa shape index (κ1) is 16.8. The summed E-state index contributed by atoms with van der Waals surface area (Å²) in [4.78, 5) is 0. The van der Waals surface area contributed by atoms with E-state index in [-0.39, 0.29) is 29.6 Å². The Hall–Kier alpha value is 1.45. The molecule has 0 aromatic carbocycles. The maximum Gasteiger partial charge on any atom is 0.266 e. The zero-order valence-corrected chi connectivity index (χ0v) is 9.39. The average Bonchev–Trinajstić information content (AvgIpc) is 1.27. The van der Waals surface area contributed by atoms with Crippen LogP contribution in [0.2, 0.25) is 0 Å². The fourth-order valence-electron chi connectivity index (χ4n) is 0. The van der Waals surface area contributed by atoms with Crippen LogP contribution in [-0.4, -0.2) is 32.8 Å². The molecule has 2 nitrogen and oxygen atoms in total. The molecule has 1 radical (unpaired) electrons. The first-order chi connectivity index (χ1) is 3.41. The topological polar surface area (TPSA) is 27.4 Å². The van der Waals surface area contributed by atoms with Crippen molar-refractivity contribution in [2.24, 2.45) is 0 Å². The van der Waals surface area contributed by atoms with Gasteiger partial charge in [0, 0.05) is 29.6 Å². The average molecular weight is 219 g/mol. The second kappa shape index (κ2) is 9.45. The number of hydrogen-bond acceptors (Lipinski definition) is 1. The van der Waals surface area contributed by atoms with Crippen LogP contribution in [0.1, 0.15) is 0 Å². The molecule has 9 heavy (non-hydrogen) atoms. The normalized spacial score (nSPS) is 7.44. The molecule has 0 aromatic heterocycles. The van der Waals surface area contributed by atoms with Crippen LogP contribution in [0.3, 0.4) is 0 Å². The van der Waals surface area contributed by atoms with Crippen molar-refractivity contribution < 1.29 is 0 Å². The Morgan fingerprint density at radius 3 is 1.22 bits per heavy atom. The van der Waals surface area contributed by atoms with Crippen molar-refractivity contribution in [1.82, 2.24) is 0 Å². The van der Waals surface area contributed by atoms with Gasteiger partial charge in [0.2, 0.25) is 0 Å². The second-order valence-electron chi connectivity index (χ2n) is 0.520. The molecule has 0 aromatic rings. The minimum atomic E-state index is -1.61. The van der Waals surface area contributed by atoms with E-state index in [0.717, 1.165) is 0 Å². The smallest absolute Gasteiger partial charge is 0.266 e. The Morgan fingerprint density at radius 1 is 1.22 bits per heavy atom. The summed E-state index contributed by atoms with van der Waals surface area (Å²) < 4.78 is -1.61. The van der Waals surface area contributed by atoms with Gasteiger partial charge in [-0.1, -0.05) is 46.4 Å². The monoisotopic (exact) mass is 217 g/mol. The summed E-state index contributed by atoms with van der Waals surface area (Å²) in [7, 11) is 0. The van der Waals surface area contributed by atoms with Gasteiger partial charge in [0.25, 0.3) is 3.25 Å². The molecule has 0 atom stereocenters. The van der Waals surface area contributed by atoms with Gasteiger partial charge in [-0.25, -0.2) is 6.57 Å². The zero-order valence-electron chi connectivity index (χ0n) is 4.37. The fraction of sp³-hybridized carbons (Fsp3) is 0.500. The molecule has 0 heterocycles. The molecule has 0 N–H and O–H groups in total. The summed E-state index contributed by atoms with van der Waals surface area (Å²) in [6, 6.07) is 0. The number of nitrogens with zero attached hydrogens (tertiary/aromatic N) is 1. The summed E-state index contributed by atoms with van der Waals surface area (Å²) in [5.74, 6) is 0. The van der Waals surface area contributed by atoms with Crippen LogP contribution in [0.5, 0.6) is 0 Å². The van der Waals surface area contributed by atoms with E-state index in [1.54, 1.807) is 0 Å². The molecule has 0 amide bonds. The summed E-state index contributed by atoms with van der Waals surface area (Å²) in [6.45, 7) is 5.28. The fourth-order valence-corrected chi connectivity index (χ4v) is 0. The van der Waals surface area contributed by atoms with E-state index in [1.165, 1.54) is 5.01 Å². The molecule has 0 unspecified atom stereocenters. The molecule has 0 rings (SSSR count). The van der Waals surface area contributed by atoms with Crippen LogP contribution in [0, 0.1) is 11.8 Å². The molecular weight excluding hydrogens is 219 g/mol. The predicted octanol–water partition coefficient (Wildman–Crippen LogP) is 2.58. The van der Waals surface area contributed by atoms with Crippen LogP contribution < -0.4 is 0 Å². The largest absolute Gasteiger partial charge is 0.539 e. The van der Waals surface area contributed by atoms with Gasteiger partial charge in [0.1, 0.15) is 0 Å². The molecule has 0 saturated heterocycles. The summed E-state index contributed by atoms with van der Waals surface area (Å²) in [5.41, 5.74) is 0. The summed E-state index contributed by atoms with van der Waals surface area (Å²) in [6.07, 6.45) is 0. The third kappa shape index (κ3) is 249. The molecule has 0 fully saturated rings. The van der Waals surface area contributed by atoms with Crippen molar-refractivity contribution in [3.63, 3.8) is 0 Å². The summed E-state index contributed by atoms with van der Waals surface area (Å²) in [5, 5.41) is 9.72. The van der Waals surface area contributed by atoms with Gasteiger partial charge < -0.3 is 5.21 Å². The minimum absolute atomic E-state index is 0. The molecular formula is C2Cl4NNaO-. The molecule has 0 aliphatic heterocycles. The van der Waals surface area contributed by atoms with Crippen LogP contribution in [0.25, 0.3) is 5.01 Å². The van der Waals surface area contributed by atoms with E-state index in [2.05, 4.69) is 0 Å². The molecule has 0 aliphatic carbocycles. The van der Waals surface area contributed by atoms with Gasteiger partial charge >= 0.3 is 0 Å². The van der Waals surface area contributed by atoms with Crippen LogP contribution >= 0.6 is 46.4 Å². The Morgan fingerprint density at radius 2 is 1.22 bits per heavy atom. The van der Waals surface area contributed by atoms with Gasteiger partial charge in [-0.3, -0.25) is 5.01 Å². The molecule has 0 bridgehead atoms. The van der Waals surface area contributed by atoms with Gasteiger partial charge in [0.15, 0.2) is 0 Å². The minimum Gasteiger partial charge on any atom is -0.539 e. The van der Waals surface area contributed by atoms with Crippen molar-refractivity contribution in [2.75, 3.05) is 0 Å². The molecule has 49 valence electrons. The third-order valence-electron chi connectivity index (χ3n) is 0. The van der Waals surface area contributed by atoms with Crippen molar-refractivity contribution in [3.8, 4) is 0 Å². The van der Waals surface area contributed by atoms with Crippen LogP contribution in [0.4, 0.5) is 0 Å². The molecule has 0 saturated carbocycles. The van der Waals surface area contributed by atoms with Crippen molar-refractivity contribution >= 4 is 76.0 Å². The van der Waals surface area contributed by atoms with Gasteiger partial charge in [-0.05, 0) is 0 Å². The van der Waals surface area contributed by atoms with Gasteiger partial charge in [-0.2, -0.15) is 0 Å². The molecule has 7 heteroatoms. The number of halogens is 4. The second-order valence-corrected chi connectivity index (χ2v) is 3.95. The van der Waals surface area contributed by atoms with E-state index < -0.39 is 3.25 Å². The van der Waals surface area contributed by atoms with E-state index in [9.17, 15) is 0 Å². The van der Waals surface area contributed by atoms with Crippen molar-refractivity contribution in [2.45, 2.75) is 3.25 Å². The van der Waals surface area contributed by atoms with E-state index in [4.69, 9.17) is 58.2 Å². The zero-order chi connectivity index (χ0) is 7.21. The predicted molar refractivity (Wildman–Crippen MR) is 41.9 cm³/mol. The van der Waals surface area contributed by atoms with Crippen LogP contribution in [0.15, 0.2) is 0 Å². The Bertz CT molecular complexity index is 79.5. The van der Waals surface area contributed by atoms with E-state index in [1.807, 2.05) is 0 Å². The first-order valence-corrected chi connectivity index (χ1v) is 2.67. The van der Waals surface area contributed by atoms with Crippen molar-refractivity contribution in [1.29, 1.82) is 0 Å². The summed E-state index contributed by atoms with van der Waals surface area (Å²) >= 11 is 19.3. The van der Waals surface area contributed by atoms with E-state index >= 15 is 0 Å². The molecule has 0 spiro atoms. The van der Waals surface area contributed by atoms with Gasteiger partial charge in [0.05, 0.1) is 0 Å². The maximum atomic E-state index is 8.22. The Balaban J connectivity index is -0.0000000800. The number of alkyl halides is 4. The number of rotatable bonds is 0. The van der Waals surface area contributed by atoms with E-state index in [0.29, 0.717) is 0 Å². The maximum absolute atomic E-state index is 8.22. The third-order valence-corrected chi connectivity index (χ3v) is 0.